The lowest BCUT2D eigenvalue weighted by Crippen LogP contribution is -2.00. The average molecular weight is 299 g/mol. The fraction of sp³-hybridized carbons (Fsp3) is 0.222. The quantitative estimate of drug-likeness (QED) is 0.602. The smallest absolute Gasteiger partial charge is 0.337 e. The highest BCUT2D eigenvalue weighted by Gasteiger charge is 2.11. The maximum absolute atomic E-state index is 11.5. The van der Waals surface area contributed by atoms with E-state index >= 15 is 0 Å². The first-order valence-electron chi connectivity index (χ1n) is 7.14. The molecule has 0 radical (unpaired) electrons. The third-order valence-corrected chi connectivity index (χ3v) is 2.78. The Kier molecular flexibility index (Phi) is 6.83. The van der Waals surface area contributed by atoms with E-state index in [0.717, 1.165) is 5.57 Å². The highest BCUT2D eigenvalue weighted by atomic mass is 16.5. The maximum atomic E-state index is 11.5. The Bertz CT molecular complexity index is 708. The largest absolute Gasteiger partial charge is 0.465 e. The molecule has 22 heavy (non-hydrogen) atoms. The minimum atomic E-state index is -0.394. The van der Waals surface area contributed by atoms with E-state index < -0.39 is 5.97 Å². The fourth-order valence-corrected chi connectivity index (χ4v) is 1.76. The van der Waals surface area contributed by atoms with Gasteiger partial charge in [-0.3, -0.25) is 0 Å². The number of hydrogen-bond acceptors (Lipinski definition) is 4. The average Bonchev–Trinajstić information content (AvgIpc) is 2.99. The molecule has 2 aromatic rings. The van der Waals surface area contributed by atoms with Crippen LogP contribution in [0.5, 0.6) is 0 Å². The Morgan fingerprint density at radius 3 is 2.68 bits per heavy atom. The van der Waals surface area contributed by atoms with Gasteiger partial charge in [-0.1, -0.05) is 38.7 Å². The van der Waals surface area contributed by atoms with Gasteiger partial charge in [-0.2, -0.15) is 0 Å². The molecule has 0 fully saturated rings. The van der Waals surface area contributed by atoms with Crippen molar-refractivity contribution >= 4 is 22.6 Å². The van der Waals surface area contributed by atoms with E-state index in [1.165, 1.54) is 7.11 Å². The van der Waals surface area contributed by atoms with E-state index in [4.69, 9.17) is 4.42 Å². The van der Waals surface area contributed by atoms with Crippen molar-refractivity contribution < 1.29 is 13.9 Å². The molecular weight excluding hydrogens is 278 g/mol. The molecule has 0 spiro atoms. The Labute approximate surface area is 130 Å². The Balaban J connectivity index is 0.00000116. The van der Waals surface area contributed by atoms with Crippen LogP contribution >= 0.6 is 0 Å². The maximum Gasteiger partial charge on any atom is 0.337 e. The third-order valence-electron chi connectivity index (χ3n) is 2.78. The zero-order chi connectivity index (χ0) is 16.5. The number of hydrogen-bond donors (Lipinski definition) is 0. The predicted molar refractivity (Wildman–Crippen MR) is 89.7 cm³/mol. The summed E-state index contributed by atoms with van der Waals surface area (Å²) >= 11 is 0. The lowest BCUT2D eigenvalue weighted by molar-refractivity contribution is 0.0601. The number of nitrogens with zero attached hydrogens (tertiary/aromatic N) is 1. The van der Waals surface area contributed by atoms with Crippen molar-refractivity contribution in [2.45, 2.75) is 20.8 Å². The second kappa shape index (κ2) is 8.62. The zero-order valence-corrected chi connectivity index (χ0v) is 13.4. The number of oxazole rings is 1. The van der Waals surface area contributed by atoms with Crippen molar-refractivity contribution in [3.8, 4) is 0 Å². The van der Waals surface area contributed by atoms with Crippen LogP contribution in [0.3, 0.4) is 0 Å². The summed E-state index contributed by atoms with van der Waals surface area (Å²) in [5, 5.41) is 0. The number of fused-ring (bicyclic) bond motifs is 1. The van der Waals surface area contributed by atoms with Crippen LogP contribution in [0.15, 0.2) is 53.5 Å². The molecule has 0 saturated carbocycles. The number of rotatable bonds is 4. The summed E-state index contributed by atoms with van der Waals surface area (Å²) in [6.45, 7) is 9.53. The molecule has 1 aromatic heterocycles. The van der Waals surface area contributed by atoms with Gasteiger partial charge in [-0.25, -0.2) is 9.78 Å². The zero-order valence-electron chi connectivity index (χ0n) is 13.4. The van der Waals surface area contributed by atoms with E-state index in [1.54, 1.807) is 24.3 Å². The molecule has 0 atom stereocenters. The molecule has 4 nitrogen and oxygen atoms in total. The van der Waals surface area contributed by atoms with Crippen molar-refractivity contribution in [1.82, 2.24) is 4.98 Å². The van der Waals surface area contributed by atoms with E-state index in [2.05, 4.69) is 16.3 Å². The first-order chi connectivity index (χ1) is 10.7. The number of carbonyl (C=O) groups is 1. The van der Waals surface area contributed by atoms with Gasteiger partial charge in [-0.15, -0.1) is 0 Å². The second-order valence-corrected chi connectivity index (χ2v) is 4.03. The molecule has 2 rings (SSSR count). The number of ether oxygens (including phenoxy) is 1. The molecule has 1 heterocycles. The number of esters is 1. The molecule has 0 aliphatic rings. The van der Waals surface area contributed by atoms with Crippen LogP contribution in [-0.2, 0) is 4.74 Å². The Morgan fingerprint density at radius 1 is 1.36 bits per heavy atom. The molecular formula is C18H21NO3. The van der Waals surface area contributed by atoms with E-state index in [1.807, 2.05) is 39.0 Å². The summed E-state index contributed by atoms with van der Waals surface area (Å²) < 4.78 is 10.4. The number of aromatic nitrogens is 1. The van der Waals surface area contributed by atoms with Crippen LogP contribution < -0.4 is 0 Å². The second-order valence-electron chi connectivity index (χ2n) is 4.03. The van der Waals surface area contributed by atoms with Crippen molar-refractivity contribution in [3.63, 3.8) is 0 Å². The number of carbonyl (C=O) groups excluding carboxylic acids is 1. The molecule has 0 amide bonds. The fourth-order valence-electron chi connectivity index (χ4n) is 1.76. The van der Waals surface area contributed by atoms with Crippen molar-refractivity contribution in [2.24, 2.45) is 0 Å². The topological polar surface area (TPSA) is 52.3 Å². The van der Waals surface area contributed by atoms with E-state index in [0.29, 0.717) is 22.6 Å². The van der Waals surface area contributed by atoms with Gasteiger partial charge in [0, 0.05) is 5.57 Å². The first kappa shape index (κ1) is 17.4. The standard InChI is InChI=1S/C16H15NO3.C2H6/c1-4-6-7-11(5-2)15-17-13-10-12(16(18)19-3)8-9-14(13)20-15;1-2/h4-10H,1H2,2-3H3;1-2H3/b7-6-,11-5+;. The molecule has 0 N–H and O–H groups in total. The molecule has 1 aromatic carbocycles. The molecule has 0 aliphatic carbocycles. The Hall–Kier alpha value is -2.62. The third kappa shape index (κ3) is 3.95. The Morgan fingerprint density at radius 2 is 2.09 bits per heavy atom. The predicted octanol–water partition coefficient (Wildman–Crippen LogP) is 4.79. The molecule has 0 saturated heterocycles. The minimum absolute atomic E-state index is 0.394. The summed E-state index contributed by atoms with van der Waals surface area (Å²) in [5.74, 6) is 0.108. The normalized spacial score (nSPS) is 11.2. The van der Waals surface area contributed by atoms with Crippen molar-refractivity contribution in [1.29, 1.82) is 0 Å². The molecule has 0 aliphatic heterocycles. The van der Waals surface area contributed by atoms with Crippen LogP contribution in [0.1, 0.15) is 37.0 Å². The first-order valence-corrected chi connectivity index (χ1v) is 7.14. The van der Waals surface area contributed by atoms with Gasteiger partial charge in [0.05, 0.1) is 12.7 Å². The molecule has 0 bridgehead atoms. The van der Waals surface area contributed by atoms with Crippen LogP contribution in [0.25, 0.3) is 16.7 Å². The number of methoxy groups -OCH3 is 1. The van der Waals surface area contributed by atoms with Gasteiger partial charge in [-0.05, 0) is 31.2 Å². The lowest BCUT2D eigenvalue weighted by atomic mass is 10.2. The van der Waals surface area contributed by atoms with Crippen LogP contribution in [-0.4, -0.2) is 18.1 Å². The van der Waals surface area contributed by atoms with Gasteiger partial charge in [0.15, 0.2) is 5.58 Å². The van der Waals surface area contributed by atoms with Gasteiger partial charge in [0.25, 0.3) is 0 Å². The van der Waals surface area contributed by atoms with Gasteiger partial charge < -0.3 is 9.15 Å². The summed E-state index contributed by atoms with van der Waals surface area (Å²) in [7, 11) is 1.35. The minimum Gasteiger partial charge on any atom is -0.465 e. The van der Waals surface area contributed by atoms with E-state index in [-0.39, 0.29) is 0 Å². The van der Waals surface area contributed by atoms with Gasteiger partial charge in [0.2, 0.25) is 5.89 Å². The molecule has 116 valence electrons. The summed E-state index contributed by atoms with van der Waals surface area (Å²) in [5.41, 5.74) is 2.54. The molecule has 0 unspecified atom stereocenters. The van der Waals surface area contributed by atoms with Gasteiger partial charge in [0.1, 0.15) is 5.52 Å². The van der Waals surface area contributed by atoms with Crippen LogP contribution in [0.2, 0.25) is 0 Å². The van der Waals surface area contributed by atoms with Crippen molar-refractivity contribution in [2.75, 3.05) is 7.11 Å². The highest BCUT2D eigenvalue weighted by Crippen LogP contribution is 2.23. The molecule has 4 heteroatoms. The highest BCUT2D eigenvalue weighted by molar-refractivity contribution is 5.93. The summed E-state index contributed by atoms with van der Waals surface area (Å²) in [6.07, 6.45) is 7.25. The lowest BCUT2D eigenvalue weighted by Gasteiger charge is -1.96. The van der Waals surface area contributed by atoms with Crippen LogP contribution in [0, 0.1) is 0 Å². The van der Waals surface area contributed by atoms with Crippen molar-refractivity contribution in [3.05, 3.63) is 60.5 Å². The monoisotopic (exact) mass is 299 g/mol. The number of allylic oxidation sites excluding steroid dienone is 5. The summed E-state index contributed by atoms with van der Waals surface area (Å²) in [6, 6.07) is 5.01. The van der Waals surface area contributed by atoms with Gasteiger partial charge >= 0.3 is 5.97 Å². The van der Waals surface area contributed by atoms with E-state index in [9.17, 15) is 4.79 Å². The summed E-state index contributed by atoms with van der Waals surface area (Å²) in [4.78, 5) is 15.9. The SMILES string of the molecule is C=C/C=C\C(=C/C)c1nc2cc(C(=O)OC)ccc2o1.CC. The van der Waals surface area contributed by atoms with Crippen LogP contribution in [0.4, 0.5) is 0 Å². The number of benzene rings is 1.